The van der Waals surface area contributed by atoms with Crippen LogP contribution in [0.4, 0.5) is 27.9 Å². The monoisotopic (exact) mass is 584 g/mol. The largest absolute Gasteiger partial charge is 0.462 e. The number of unbranched alkanes of at least 4 members (excludes halogenated alkanes) is 1. The van der Waals surface area contributed by atoms with Crippen LogP contribution in [0.3, 0.4) is 0 Å². The van der Waals surface area contributed by atoms with Crippen molar-refractivity contribution in [2.24, 2.45) is 20.5 Å². The summed E-state index contributed by atoms with van der Waals surface area (Å²) in [4.78, 5) is 20.4. The van der Waals surface area contributed by atoms with E-state index in [0.717, 1.165) is 68.9 Å². The number of fused-ring (bicyclic) bond motifs is 2. The summed E-state index contributed by atoms with van der Waals surface area (Å²) in [6.45, 7) is 10.7. The molecule has 0 radical (unpaired) electrons. The molecule has 0 aliphatic heterocycles. The molecule has 0 unspecified atom stereocenters. The van der Waals surface area contributed by atoms with Gasteiger partial charge in [-0.15, -0.1) is 26.7 Å². The lowest BCUT2D eigenvalue weighted by Crippen LogP contribution is -2.21. The summed E-state index contributed by atoms with van der Waals surface area (Å²) in [6.07, 6.45) is 1.84. The second-order valence-electron chi connectivity index (χ2n) is 9.46. The number of aromatic nitrogens is 1. The molecule has 3 aromatic carbocycles. The summed E-state index contributed by atoms with van der Waals surface area (Å²) in [6, 6.07) is 20.0. The van der Waals surface area contributed by atoms with Gasteiger partial charge in [0.15, 0.2) is 0 Å². The highest BCUT2D eigenvalue weighted by Gasteiger charge is 2.15. The van der Waals surface area contributed by atoms with Crippen LogP contribution in [0.25, 0.3) is 20.3 Å². The first-order valence-corrected chi connectivity index (χ1v) is 15.4. The van der Waals surface area contributed by atoms with Gasteiger partial charge >= 0.3 is 5.97 Å². The normalized spacial score (nSPS) is 11.8. The molecule has 41 heavy (non-hydrogen) atoms. The minimum absolute atomic E-state index is 0.298. The van der Waals surface area contributed by atoms with E-state index in [9.17, 15) is 4.79 Å². The zero-order valence-corrected chi connectivity index (χ0v) is 25.3. The fourth-order valence-electron chi connectivity index (χ4n) is 4.46. The predicted octanol–water partition coefficient (Wildman–Crippen LogP) is 10.5. The fraction of sp³-hybridized carbons (Fsp3) is 0.290. The molecule has 0 saturated heterocycles. The van der Waals surface area contributed by atoms with Gasteiger partial charge in [0.25, 0.3) is 0 Å². The Labute approximate surface area is 247 Å². The summed E-state index contributed by atoms with van der Waals surface area (Å²) in [7, 11) is 0. The van der Waals surface area contributed by atoms with Gasteiger partial charge in [-0.3, -0.25) is 0 Å². The third-order valence-corrected chi connectivity index (χ3v) is 8.71. The van der Waals surface area contributed by atoms with E-state index in [1.807, 2.05) is 55.5 Å². The van der Waals surface area contributed by atoms with E-state index in [1.165, 1.54) is 28.4 Å². The van der Waals surface area contributed by atoms with Gasteiger partial charge in [0.05, 0.1) is 28.4 Å². The molecule has 2 heterocycles. The number of aryl methyl sites for hydroxylation is 1. The molecule has 0 amide bonds. The third-order valence-electron chi connectivity index (χ3n) is 6.68. The number of benzene rings is 3. The van der Waals surface area contributed by atoms with Crippen molar-refractivity contribution in [2.45, 2.75) is 40.5 Å². The quantitative estimate of drug-likeness (QED) is 0.0877. The minimum atomic E-state index is -0.298. The number of nitrogens with zero attached hydrogens (tertiary/aromatic N) is 6. The number of carbonyl (C=O) groups excluding carboxylic acids is 1. The Morgan fingerprint density at radius 3 is 2.37 bits per heavy atom. The van der Waals surface area contributed by atoms with Crippen LogP contribution in [0.2, 0.25) is 0 Å². The summed E-state index contributed by atoms with van der Waals surface area (Å²) in [5.41, 5.74) is 4.47. The smallest absolute Gasteiger partial charge is 0.348 e. The molecule has 0 N–H and O–H groups in total. The molecule has 0 fully saturated rings. The Morgan fingerprint density at radius 2 is 1.66 bits per heavy atom. The van der Waals surface area contributed by atoms with Crippen LogP contribution in [0.15, 0.2) is 81.1 Å². The lowest BCUT2D eigenvalue weighted by molar-refractivity contribution is 0.0505. The Hall–Kier alpha value is -4.02. The van der Waals surface area contributed by atoms with E-state index < -0.39 is 0 Å². The first-order chi connectivity index (χ1) is 20.0. The van der Waals surface area contributed by atoms with E-state index in [0.29, 0.717) is 16.6 Å². The first-order valence-electron chi connectivity index (χ1n) is 13.8. The summed E-state index contributed by atoms with van der Waals surface area (Å²) < 4.78 is 6.22. The van der Waals surface area contributed by atoms with Crippen LogP contribution < -0.4 is 4.90 Å². The second kappa shape index (κ2) is 13.1. The first kappa shape index (κ1) is 28.5. The Balaban J connectivity index is 1.37. The number of ether oxygens (including phenoxy) is 1. The minimum Gasteiger partial charge on any atom is -0.462 e. The number of hydrogen-bond acceptors (Lipinski definition) is 10. The van der Waals surface area contributed by atoms with Crippen molar-refractivity contribution in [3.05, 3.63) is 71.1 Å². The third kappa shape index (κ3) is 6.49. The molecule has 5 rings (SSSR count). The number of anilines is 1. The molecule has 8 nitrogen and oxygen atoms in total. The maximum absolute atomic E-state index is 12.3. The Morgan fingerprint density at radius 1 is 0.902 bits per heavy atom. The predicted molar refractivity (Wildman–Crippen MR) is 170 cm³/mol. The topological polar surface area (TPSA) is 91.9 Å². The average Bonchev–Trinajstić information content (AvgIpc) is 3.56. The summed E-state index contributed by atoms with van der Waals surface area (Å²) >= 11 is 2.72. The maximum atomic E-state index is 12.3. The van der Waals surface area contributed by atoms with Crippen molar-refractivity contribution in [1.82, 2.24) is 4.98 Å². The zero-order valence-electron chi connectivity index (χ0n) is 23.6. The Bertz CT molecular complexity index is 1690. The molecular formula is C31H32N6O2S2. The summed E-state index contributed by atoms with van der Waals surface area (Å²) in [5, 5.41) is 20.6. The highest BCUT2D eigenvalue weighted by molar-refractivity contribution is 7.29. The number of rotatable bonds is 11. The van der Waals surface area contributed by atoms with Gasteiger partial charge in [-0.25, -0.2) is 9.78 Å². The molecular weight excluding hydrogens is 553 g/mol. The van der Waals surface area contributed by atoms with Crippen LogP contribution in [0, 0.1) is 6.92 Å². The van der Waals surface area contributed by atoms with Crippen LogP contribution in [-0.4, -0.2) is 30.6 Å². The number of thiophene rings is 1. The number of azo groups is 2. The molecule has 0 spiro atoms. The molecule has 210 valence electrons. The maximum Gasteiger partial charge on any atom is 0.348 e. The molecule has 5 aromatic rings. The van der Waals surface area contributed by atoms with Gasteiger partial charge in [-0.05, 0) is 69.2 Å². The average molecular weight is 585 g/mol. The number of carbonyl (C=O) groups is 1. The lowest BCUT2D eigenvalue weighted by Gasteiger charge is -2.20. The van der Waals surface area contributed by atoms with Crippen molar-refractivity contribution in [1.29, 1.82) is 0 Å². The fourth-order valence-corrected chi connectivity index (χ4v) is 6.39. The van der Waals surface area contributed by atoms with Crippen LogP contribution in [0.1, 0.15) is 48.8 Å². The molecule has 0 atom stereocenters. The summed E-state index contributed by atoms with van der Waals surface area (Å²) in [5.74, 6) is -0.298. The van der Waals surface area contributed by atoms with Gasteiger partial charge in [0.2, 0.25) is 5.13 Å². The highest BCUT2D eigenvalue weighted by atomic mass is 32.1. The van der Waals surface area contributed by atoms with E-state index in [1.54, 1.807) is 0 Å². The van der Waals surface area contributed by atoms with Crippen molar-refractivity contribution >= 4 is 76.8 Å². The number of hydrogen-bond donors (Lipinski definition) is 0. The van der Waals surface area contributed by atoms with Crippen LogP contribution in [0.5, 0.6) is 0 Å². The standard InChI is InChI=1S/C31H32N6O2S2/c1-5-8-17-39-30(38)27-19-26-29(40-27)32-31(41-26)36-34-25-18-20(4)28(24-12-10-9-11-23(24)25)35-33-21-13-15-22(16-14-21)37(6-2)7-3/h9-16,18-19H,5-8,17H2,1-4H3. The van der Waals surface area contributed by atoms with Gasteiger partial charge in [0.1, 0.15) is 9.71 Å². The molecule has 0 saturated carbocycles. The molecule has 2 aromatic heterocycles. The number of esters is 1. The van der Waals surface area contributed by atoms with Gasteiger partial charge in [0, 0.05) is 29.5 Å². The van der Waals surface area contributed by atoms with E-state index in [-0.39, 0.29) is 5.97 Å². The molecule has 0 aliphatic carbocycles. The van der Waals surface area contributed by atoms with Gasteiger partial charge in [-0.2, -0.15) is 5.11 Å². The molecule has 0 bridgehead atoms. The van der Waals surface area contributed by atoms with Gasteiger partial charge in [-0.1, -0.05) is 48.9 Å². The highest BCUT2D eigenvalue weighted by Crippen LogP contribution is 2.39. The lowest BCUT2D eigenvalue weighted by atomic mass is 10.0. The van der Waals surface area contributed by atoms with Crippen molar-refractivity contribution in [2.75, 3.05) is 24.6 Å². The molecule has 0 aliphatic rings. The zero-order chi connectivity index (χ0) is 28.8. The Kier molecular flexibility index (Phi) is 9.11. The van der Waals surface area contributed by atoms with E-state index in [4.69, 9.17) is 4.74 Å². The van der Waals surface area contributed by atoms with Crippen molar-refractivity contribution < 1.29 is 9.53 Å². The van der Waals surface area contributed by atoms with Crippen LogP contribution in [-0.2, 0) is 4.74 Å². The SMILES string of the molecule is CCCCOC(=O)c1cc2sc(N=Nc3cc(C)c(N=Nc4ccc(N(CC)CC)cc4)c4ccccc34)nc2s1. The van der Waals surface area contributed by atoms with E-state index >= 15 is 0 Å². The number of thiazole rings is 1. The van der Waals surface area contributed by atoms with Crippen molar-refractivity contribution in [3.63, 3.8) is 0 Å². The second-order valence-corrected chi connectivity index (χ2v) is 11.5. The van der Waals surface area contributed by atoms with E-state index in [2.05, 4.69) is 63.2 Å². The van der Waals surface area contributed by atoms with Gasteiger partial charge < -0.3 is 9.64 Å². The van der Waals surface area contributed by atoms with Crippen LogP contribution >= 0.6 is 22.7 Å². The van der Waals surface area contributed by atoms with Crippen molar-refractivity contribution in [3.8, 4) is 0 Å². The molecule has 10 heteroatoms.